The third-order valence-electron chi connectivity index (χ3n) is 13.1. The van der Waals surface area contributed by atoms with Crippen LogP contribution in [0.15, 0.2) is 212 Å². The fraction of sp³-hybridized carbons (Fsp3) is 0.0172. The van der Waals surface area contributed by atoms with Crippen LogP contribution in [0.2, 0.25) is 0 Å². The van der Waals surface area contributed by atoms with Gasteiger partial charge in [0, 0.05) is 28.2 Å². The smallest absolute Gasteiger partial charge is 0.269 e. The third-order valence-corrected chi connectivity index (χ3v) is 13.1. The number of aryl methyl sites for hydroxylation is 1. The summed E-state index contributed by atoms with van der Waals surface area (Å²) in [6.07, 6.45) is 3.78. The Hall–Kier alpha value is -9.21. The van der Waals surface area contributed by atoms with Crippen molar-refractivity contribution >= 4 is 71.7 Å². The highest BCUT2D eigenvalue weighted by atomic mass is 16.5. The molecular formula is C58H38N8O. The predicted molar refractivity (Wildman–Crippen MR) is 267 cm³/mol. The van der Waals surface area contributed by atoms with Gasteiger partial charge < -0.3 is 9.30 Å². The minimum Gasteiger partial charge on any atom is -0.458 e. The second-order valence-electron chi connectivity index (χ2n) is 17.0. The van der Waals surface area contributed by atoms with Crippen LogP contribution in [0, 0.1) is 13.3 Å². The van der Waals surface area contributed by atoms with Gasteiger partial charge in [-0.05, 0) is 97.4 Å². The van der Waals surface area contributed by atoms with Crippen molar-refractivity contribution in [2.45, 2.75) is 6.92 Å². The fourth-order valence-corrected chi connectivity index (χ4v) is 10.1. The lowest BCUT2D eigenvalue weighted by Gasteiger charge is -2.12. The first-order valence-electron chi connectivity index (χ1n) is 22.4. The number of rotatable bonds is 7. The Bertz CT molecular complexity index is 4270. The number of nitrogens with zero attached hydrogens (tertiary/aromatic N) is 8. The van der Waals surface area contributed by atoms with Crippen molar-refractivity contribution in [1.82, 2.24) is 32.6 Å². The summed E-state index contributed by atoms with van der Waals surface area (Å²) >= 11 is 0. The molecule has 0 N–H and O–H groups in total. The van der Waals surface area contributed by atoms with Gasteiger partial charge >= 0.3 is 0 Å². The third kappa shape index (κ3) is 5.58. The van der Waals surface area contributed by atoms with E-state index in [4.69, 9.17) is 14.7 Å². The van der Waals surface area contributed by atoms with Crippen molar-refractivity contribution < 1.29 is 9.30 Å². The lowest BCUT2D eigenvalue weighted by molar-refractivity contribution is -0.571. The van der Waals surface area contributed by atoms with Gasteiger partial charge in [0.05, 0.1) is 66.5 Å². The molecule has 0 amide bonds. The number of hydrogen-bond acceptors (Lipinski definition) is 3. The average Bonchev–Trinajstić information content (AvgIpc) is 4.19. The summed E-state index contributed by atoms with van der Waals surface area (Å²) < 4.78 is 20.1. The molecule has 9 heteroatoms. The van der Waals surface area contributed by atoms with Gasteiger partial charge in [0.25, 0.3) is 6.33 Å². The number of benzene rings is 9. The number of ether oxygens (including phenoxy) is 1. The van der Waals surface area contributed by atoms with Crippen molar-refractivity contribution in [3.05, 3.63) is 224 Å². The minimum absolute atomic E-state index is 0.686. The molecule has 5 heterocycles. The number of fused-ring (bicyclic) bond motifs is 10. The maximum atomic E-state index is 6.84. The molecule has 0 aliphatic heterocycles. The van der Waals surface area contributed by atoms with Crippen molar-refractivity contribution in [2.75, 3.05) is 0 Å². The van der Waals surface area contributed by atoms with Crippen LogP contribution in [-0.2, 0) is 0 Å². The normalized spacial score (nSPS) is 12.0. The van der Waals surface area contributed by atoms with Crippen molar-refractivity contribution in [2.24, 2.45) is 0 Å². The van der Waals surface area contributed by atoms with Crippen LogP contribution in [0.25, 0.3) is 100 Å². The van der Waals surface area contributed by atoms with Gasteiger partial charge in [-0.2, -0.15) is 0 Å². The first kappa shape index (κ1) is 37.2. The summed E-state index contributed by atoms with van der Waals surface area (Å²) in [4.78, 5) is 10.6. The Kier molecular flexibility index (Phi) is 7.99. The number of hydrogen-bond donors (Lipinski definition) is 0. The molecular weight excluding hydrogens is 825 g/mol. The van der Waals surface area contributed by atoms with Crippen LogP contribution in [0.1, 0.15) is 5.56 Å². The molecule has 14 rings (SSSR count). The summed E-state index contributed by atoms with van der Waals surface area (Å²) in [7, 11) is 0. The SMILES string of the molecule is Cc1cccc2c1nc1n(-c3nc4ccccc4n3-c3ccccc3)c3cc(Oc4cccc(-n5[c-][n+](-c6cccc7c8ccccc8n(-c8ccccc8)c67)c6ccccc65)c4)ccc3n21. The van der Waals surface area contributed by atoms with Gasteiger partial charge in [0.1, 0.15) is 11.5 Å². The van der Waals surface area contributed by atoms with E-state index in [1.807, 2.05) is 30.3 Å². The predicted octanol–water partition coefficient (Wildman–Crippen LogP) is 13.0. The van der Waals surface area contributed by atoms with Crippen LogP contribution in [0.5, 0.6) is 11.5 Å². The largest absolute Gasteiger partial charge is 0.458 e. The van der Waals surface area contributed by atoms with E-state index < -0.39 is 0 Å². The van der Waals surface area contributed by atoms with Crippen molar-refractivity contribution in [3.8, 4) is 40.2 Å². The Labute approximate surface area is 383 Å². The van der Waals surface area contributed by atoms with Crippen molar-refractivity contribution in [1.29, 1.82) is 0 Å². The highest BCUT2D eigenvalue weighted by Gasteiger charge is 2.25. The fourth-order valence-electron chi connectivity index (χ4n) is 10.1. The molecule has 0 bridgehead atoms. The van der Waals surface area contributed by atoms with E-state index in [-0.39, 0.29) is 0 Å². The van der Waals surface area contributed by atoms with Gasteiger partial charge in [-0.1, -0.05) is 121 Å². The standard InChI is InChI=1S/C58H38N8O/c1-38-17-14-31-52-55(38)60-58-65(52)51-34-33-43(36-54(51)66(58)57-59-46-26-9-11-28-48(46)64(57)40-20-6-3-7-21-40)67-42-23-15-22-41(35-42)61-37-62(50-30-13-12-29-49(50)61)53-32-16-25-45-44-24-8-10-27-47(44)63(56(45)53)39-18-4-2-5-19-39/h2-36H,1H3. The summed E-state index contributed by atoms with van der Waals surface area (Å²) in [6, 6.07) is 73.8. The lowest BCUT2D eigenvalue weighted by atomic mass is 10.1. The second-order valence-corrected chi connectivity index (χ2v) is 17.0. The van der Waals surface area contributed by atoms with Crippen LogP contribution in [-0.4, -0.2) is 32.6 Å². The summed E-state index contributed by atoms with van der Waals surface area (Å²) in [5.74, 6) is 2.89. The first-order chi connectivity index (χ1) is 33.2. The Morgan fingerprint density at radius 1 is 0.463 bits per heavy atom. The van der Waals surface area contributed by atoms with Crippen LogP contribution < -0.4 is 9.30 Å². The van der Waals surface area contributed by atoms with E-state index in [0.29, 0.717) is 11.5 Å². The molecule has 5 aromatic heterocycles. The van der Waals surface area contributed by atoms with Crippen LogP contribution in [0.3, 0.4) is 0 Å². The molecule has 0 atom stereocenters. The number of aromatic nitrogens is 8. The molecule has 316 valence electrons. The van der Waals surface area contributed by atoms with E-state index in [0.717, 1.165) is 95.2 Å². The molecule has 9 nitrogen and oxygen atoms in total. The topological polar surface area (TPSA) is 63.0 Å². The quantitative estimate of drug-likeness (QED) is 0.118. The highest BCUT2D eigenvalue weighted by molar-refractivity contribution is 6.11. The minimum atomic E-state index is 0.686. The molecule has 0 aliphatic rings. The average molecular weight is 863 g/mol. The maximum absolute atomic E-state index is 6.84. The van der Waals surface area contributed by atoms with Crippen molar-refractivity contribution in [3.63, 3.8) is 0 Å². The van der Waals surface area contributed by atoms with E-state index in [9.17, 15) is 0 Å². The van der Waals surface area contributed by atoms with Gasteiger partial charge in [0.2, 0.25) is 11.7 Å². The van der Waals surface area contributed by atoms with E-state index in [1.165, 1.54) is 10.8 Å². The zero-order valence-electron chi connectivity index (χ0n) is 36.2. The number of imidazole rings is 4. The van der Waals surface area contributed by atoms with E-state index in [1.54, 1.807) is 0 Å². The molecule has 0 spiro atoms. The zero-order valence-corrected chi connectivity index (χ0v) is 36.2. The second kappa shape index (κ2) is 14.4. The van der Waals surface area contributed by atoms with E-state index in [2.05, 4.69) is 222 Å². The molecule has 0 radical (unpaired) electrons. The highest BCUT2D eigenvalue weighted by Crippen LogP contribution is 2.38. The van der Waals surface area contributed by atoms with Gasteiger partial charge in [-0.25, -0.2) is 14.5 Å². The molecule has 0 saturated carbocycles. The van der Waals surface area contributed by atoms with Gasteiger partial charge in [-0.3, -0.25) is 18.1 Å². The van der Waals surface area contributed by atoms with Crippen LogP contribution in [0.4, 0.5) is 0 Å². The first-order valence-corrected chi connectivity index (χ1v) is 22.4. The molecule has 0 saturated heterocycles. The molecule has 0 aliphatic carbocycles. The monoisotopic (exact) mass is 862 g/mol. The lowest BCUT2D eigenvalue weighted by Crippen LogP contribution is -2.30. The summed E-state index contributed by atoms with van der Waals surface area (Å²) in [6.45, 7) is 2.11. The molecule has 0 fully saturated rings. The van der Waals surface area contributed by atoms with Gasteiger partial charge in [0.15, 0.2) is 0 Å². The van der Waals surface area contributed by atoms with Gasteiger partial charge in [-0.15, -0.1) is 0 Å². The molecule has 9 aromatic carbocycles. The summed E-state index contributed by atoms with van der Waals surface area (Å²) in [5.41, 5.74) is 15.3. The molecule has 14 aromatic rings. The Morgan fingerprint density at radius 3 is 1.97 bits per heavy atom. The molecule has 67 heavy (non-hydrogen) atoms. The van der Waals surface area contributed by atoms with E-state index >= 15 is 0 Å². The summed E-state index contributed by atoms with van der Waals surface area (Å²) in [5, 5.41) is 2.39. The zero-order chi connectivity index (χ0) is 44.2. The Morgan fingerprint density at radius 2 is 1.12 bits per heavy atom. The Balaban J connectivity index is 0.919. The number of para-hydroxylation sites is 9. The molecule has 0 unspecified atom stereocenters. The van der Waals surface area contributed by atoms with Crippen LogP contribution >= 0.6 is 0 Å². The maximum Gasteiger partial charge on any atom is 0.269 e.